The highest BCUT2D eigenvalue weighted by Crippen LogP contribution is 2.34. The summed E-state index contributed by atoms with van der Waals surface area (Å²) in [4.78, 5) is 11.6. The molecule has 0 amide bonds. The van der Waals surface area contributed by atoms with Gasteiger partial charge in [0.1, 0.15) is 0 Å². The van der Waals surface area contributed by atoms with Crippen molar-refractivity contribution >= 4 is 11.8 Å². The molecule has 76 valence electrons. The summed E-state index contributed by atoms with van der Waals surface area (Å²) < 4.78 is 2.16. The average Bonchev–Trinajstić information content (AvgIpc) is 2.84. The summed E-state index contributed by atoms with van der Waals surface area (Å²) in [5, 5.41) is 3.00. The van der Waals surface area contributed by atoms with Gasteiger partial charge in [0.05, 0.1) is 17.3 Å². The maximum atomic E-state index is 11.6. The van der Waals surface area contributed by atoms with Gasteiger partial charge in [-0.3, -0.25) is 14.6 Å². The lowest BCUT2D eigenvalue weighted by Crippen LogP contribution is -2.12. The molecule has 3 nitrogen and oxygen atoms in total. The molecule has 0 atom stereocenters. The molecule has 0 saturated heterocycles. The summed E-state index contributed by atoms with van der Waals surface area (Å²) in [6, 6.07) is 0.574. The molecule has 1 aromatic rings. The van der Waals surface area contributed by atoms with E-state index in [2.05, 4.69) is 9.78 Å². The number of aromatic amines is 1. The van der Waals surface area contributed by atoms with E-state index in [4.69, 9.17) is 0 Å². The Labute approximate surface area is 86.9 Å². The largest absolute Gasteiger partial charge is 0.285 e. The van der Waals surface area contributed by atoms with E-state index < -0.39 is 0 Å². The van der Waals surface area contributed by atoms with Crippen molar-refractivity contribution in [2.75, 3.05) is 0 Å². The van der Waals surface area contributed by atoms with Crippen LogP contribution in [0.25, 0.3) is 0 Å². The van der Waals surface area contributed by atoms with Crippen molar-refractivity contribution < 1.29 is 0 Å². The number of hydrogen-bond acceptors (Lipinski definition) is 2. The van der Waals surface area contributed by atoms with Crippen LogP contribution in [0, 0.1) is 0 Å². The van der Waals surface area contributed by atoms with Gasteiger partial charge in [0.25, 0.3) is 5.56 Å². The summed E-state index contributed by atoms with van der Waals surface area (Å²) in [5.41, 5.74) is 2.45. The number of fused-ring (bicyclic) bond motifs is 1. The number of hydrogen-bond donors (Lipinski definition) is 1. The fourth-order valence-corrected chi connectivity index (χ4v) is 3.66. The number of rotatable bonds is 1. The van der Waals surface area contributed by atoms with Crippen LogP contribution in [0.15, 0.2) is 4.79 Å². The normalized spacial score (nSPS) is 21.7. The van der Waals surface area contributed by atoms with Crippen molar-refractivity contribution in [1.29, 1.82) is 0 Å². The van der Waals surface area contributed by atoms with E-state index >= 15 is 0 Å². The lowest BCUT2D eigenvalue weighted by molar-refractivity contribution is 0.453. The quantitative estimate of drug-likeness (QED) is 0.770. The van der Waals surface area contributed by atoms with Crippen LogP contribution >= 0.6 is 11.8 Å². The van der Waals surface area contributed by atoms with Gasteiger partial charge in [-0.05, 0) is 12.8 Å². The third kappa shape index (κ3) is 1.16. The van der Waals surface area contributed by atoms with Crippen molar-refractivity contribution in [3.63, 3.8) is 0 Å². The third-order valence-electron chi connectivity index (χ3n) is 3.31. The van der Waals surface area contributed by atoms with Crippen molar-refractivity contribution in [1.82, 2.24) is 9.78 Å². The van der Waals surface area contributed by atoms with Gasteiger partial charge in [-0.25, -0.2) is 0 Å². The van der Waals surface area contributed by atoms with E-state index in [0.29, 0.717) is 6.04 Å². The Morgan fingerprint density at radius 2 is 2.07 bits per heavy atom. The fourth-order valence-electron chi connectivity index (χ4n) is 2.55. The minimum Gasteiger partial charge on any atom is -0.285 e. The highest BCUT2D eigenvalue weighted by atomic mass is 32.2. The second-order valence-corrected chi connectivity index (χ2v) is 5.15. The van der Waals surface area contributed by atoms with E-state index in [1.807, 2.05) is 11.8 Å². The Morgan fingerprint density at radius 3 is 2.86 bits per heavy atom. The minimum atomic E-state index is 0.150. The molecule has 1 aliphatic heterocycles. The highest BCUT2D eigenvalue weighted by molar-refractivity contribution is 7.98. The van der Waals surface area contributed by atoms with Crippen LogP contribution < -0.4 is 5.56 Å². The topological polar surface area (TPSA) is 37.8 Å². The van der Waals surface area contributed by atoms with Crippen molar-refractivity contribution in [2.24, 2.45) is 0 Å². The van der Waals surface area contributed by atoms with Crippen molar-refractivity contribution in [2.45, 2.75) is 43.2 Å². The van der Waals surface area contributed by atoms with Gasteiger partial charge < -0.3 is 0 Å². The van der Waals surface area contributed by atoms with Crippen LogP contribution in [0.4, 0.5) is 0 Å². The van der Waals surface area contributed by atoms with Gasteiger partial charge in [-0.15, -0.1) is 0 Å². The first-order chi connectivity index (χ1) is 6.86. The number of H-pyrrole nitrogens is 1. The van der Waals surface area contributed by atoms with E-state index in [9.17, 15) is 4.79 Å². The van der Waals surface area contributed by atoms with Crippen LogP contribution in [0.3, 0.4) is 0 Å². The first kappa shape index (κ1) is 8.65. The van der Waals surface area contributed by atoms with E-state index in [1.165, 1.54) is 31.4 Å². The van der Waals surface area contributed by atoms with Gasteiger partial charge in [0.2, 0.25) is 0 Å². The van der Waals surface area contributed by atoms with Gasteiger partial charge in [-0.1, -0.05) is 12.8 Å². The zero-order valence-electron chi connectivity index (χ0n) is 8.08. The van der Waals surface area contributed by atoms with Crippen molar-refractivity contribution in [3.05, 3.63) is 21.6 Å². The summed E-state index contributed by atoms with van der Waals surface area (Å²) in [6.45, 7) is 0. The Hall–Kier alpha value is -0.640. The molecule has 1 N–H and O–H groups in total. The van der Waals surface area contributed by atoms with Crippen LogP contribution in [0.1, 0.15) is 43.0 Å². The molecule has 0 spiro atoms. The second-order valence-electron chi connectivity index (χ2n) is 4.17. The lowest BCUT2D eigenvalue weighted by Gasteiger charge is -2.13. The summed E-state index contributed by atoms with van der Waals surface area (Å²) in [6.07, 6.45) is 5.10. The number of nitrogens with one attached hydrogen (secondary N) is 1. The van der Waals surface area contributed by atoms with Crippen LogP contribution in [0.2, 0.25) is 0 Å². The van der Waals surface area contributed by atoms with Gasteiger partial charge in [-0.2, -0.15) is 11.8 Å². The molecule has 0 unspecified atom stereocenters. The van der Waals surface area contributed by atoms with E-state index in [1.54, 1.807) is 0 Å². The first-order valence-corrected chi connectivity index (χ1v) is 6.42. The maximum absolute atomic E-state index is 11.6. The van der Waals surface area contributed by atoms with E-state index in [-0.39, 0.29) is 5.56 Å². The van der Waals surface area contributed by atoms with Gasteiger partial charge >= 0.3 is 0 Å². The first-order valence-electron chi connectivity index (χ1n) is 5.26. The monoisotopic (exact) mass is 210 g/mol. The Kier molecular flexibility index (Phi) is 1.97. The molecule has 3 rings (SSSR count). The molecule has 0 aromatic carbocycles. The molecule has 1 saturated carbocycles. The second kappa shape index (κ2) is 3.19. The smallest absolute Gasteiger partial charge is 0.268 e. The summed E-state index contributed by atoms with van der Waals surface area (Å²) in [7, 11) is 0. The standard InChI is InChI=1S/C10H14N2OS/c13-10-8-5-14-6-9(8)12(11-10)7-3-1-2-4-7/h7H,1-6H2,(H,11,13). The fraction of sp³-hybridized carbons (Fsp3) is 0.700. The molecule has 14 heavy (non-hydrogen) atoms. The molecule has 1 aliphatic carbocycles. The van der Waals surface area contributed by atoms with Crippen LogP contribution in [-0.4, -0.2) is 9.78 Å². The molecule has 4 heteroatoms. The molecule has 2 heterocycles. The predicted molar refractivity (Wildman–Crippen MR) is 57.6 cm³/mol. The van der Waals surface area contributed by atoms with E-state index in [0.717, 1.165) is 17.1 Å². The number of aromatic nitrogens is 2. The molecule has 2 aliphatic rings. The Bertz CT molecular complexity index is 401. The highest BCUT2D eigenvalue weighted by Gasteiger charge is 2.26. The van der Waals surface area contributed by atoms with Gasteiger partial charge in [0, 0.05) is 11.5 Å². The predicted octanol–water partition coefficient (Wildman–Crippen LogP) is 2.04. The number of thioether (sulfide) groups is 1. The van der Waals surface area contributed by atoms with Crippen molar-refractivity contribution in [3.8, 4) is 0 Å². The minimum absolute atomic E-state index is 0.150. The molecule has 0 radical (unpaired) electrons. The molecular weight excluding hydrogens is 196 g/mol. The Balaban J connectivity index is 2.05. The maximum Gasteiger partial charge on any atom is 0.268 e. The molecule has 1 fully saturated rings. The SMILES string of the molecule is O=c1[nH]n(C2CCCC2)c2c1CSC2. The molecule has 1 aromatic heterocycles. The molecular formula is C10H14N2OS. The number of nitrogens with zero attached hydrogens (tertiary/aromatic N) is 1. The Morgan fingerprint density at radius 1 is 1.29 bits per heavy atom. The lowest BCUT2D eigenvalue weighted by atomic mass is 10.2. The van der Waals surface area contributed by atoms with Gasteiger partial charge in [0.15, 0.2) is 0 Å². The zero-order chi connectivity index (χ0) is 9.54. The average molecular weight is 210 g/mol. The zero-order valence-corrected chi connectivity index (χ0v) is 8.90. The van der Waals surface area contributed by atoms with Crippen LogP contribution in [0.5, 0.6) is 0 Å². The summed E-state index contributed by atoms with van der Waals surface area (Å²) in [5.74, 6) is 1.93. The molecule has 0 bridgehead atoms. The van der Waals surface area contributed by atoms with Crippen LogP contribution in [-0.2, 0) is 11.5 Å². The third-order valence-corrected chi connectivity index (χ3v) is 4.28. The summed E-state index contributed by atoms with van der Waals surface area (Å²) >= 11 is 1.86.